The first-order valence-corrected chi connectivity index (χ1v) is 10.8. The number of hydrogen-bond donors (Lipinski definition) is 2. The van der Waals surface area contributed by atoms with Crippen LogP contribution in [0.5, 0.6) is 5.75 Å². The van der Waals surface area contributed by atoms with Crippen molar-refractivity contribution < 1.29 is 9.47 Å². The van der Waals surface area contributed by atoms with Gasteiger partial charge in [-0.1, -0.05) is 26.0 Å². The van der Waals surface area contributed by atoms with Gasteiger partial charge in [0.1, 0.15) is 5.75 Å². The Kier molecular flexibility index (Phi) is 13.3. The van der Waals surface area contributed by atoms with Crippen molar-refractivity contribution in [1.29, 1.82) is 0 Å². The van der Waals surface area contributed by atoms with Crippen LogP contribution < -0.4 is 15.4 Å². The number of morpholine rings is 1. The third kappa shape index (κ3) is 8.20. The van der Waals surface area contributed by atoms with E-state index >= 15 is 0 Å². The monoisotopic (exact) mass is 533 g/mol. The van der Waals surface area contributed by atoms with E-state index in [2.05, 4.69) is 58.3 Å². The first-order chi connectivity index (χ1) is 14.1. The Hall–Kier alpha value is -1.10. The van der Waals surface area contributed by atoms with E-state index < -0.39 is 0 Å². The van der Waals surface area contributed by atoms with Gasteiger partial charge in [-0.3, -0.25) is 14.8 Å². The summed E-state index contributed by atoms with van der Waals surface area (Å²) in [5.41, 5.74) is 1.27. The zero-order valence-corrected chi connectivity index (χ0v) is 21.5. The molecule has 0 amide bonds. The van der Waals surface area contributed by atoms with E-state index in [1.165, 1.54) is 5.56 Å². The van der Waals surface area contributed by atoms with Crippen LogP contribution in [0.25, 0.3) is 0 Å². The van der Waals surface area contributed by atoms with Crippen molar-refractivity contribution in [3.8, 4) is 5.75 Å². The van der Waals surface area contributed by atoms with Gasteiger partial charge in [0.05, 0.1) is 26.4 Å². The van der Waals surface area contributed by atoms with E-state index in [1.807, 2.05) is 19.2 Å². The van der Waals surface area contributed by atoms with E-state index in [-0.39, 0.29) is 30.0 Å². The van der Waals surface area contributed by atoms with E-state index in [0.29, 0.717) is 6.04 Å². The van der Waals surface area contributed by atoms with E-state index in [9.17, 15) is 0 Å². The van der Waals surface area contributed by atoms with Crippen molar-refractivity contribution >= 4 is 29.9 Å². The minimum absolute atomic E-state index is 0. The second-order valence-electron chi connectivity index (χ2n) is 7.34. The Morgan fingerprint density at radius 1 is 1.13 bits per heavy atom. The van der Waals surface area contributed by atoms with Gasteiger partial charge in [-0.05, 0) is 37.7 Å². The van der Waals surface area contributed by atoms with Crippen molar-refractivity contribution in [2.75, 3.05) is 66.6 Å². The number of ether oxygens (including phenoxy) is 2. The van der Waals surface area contributed by atoms with Gasteiger partial charge in [0.15, 0.2) is 5.96 Å². The number of nitrogens with one attached hydrogen (secondary N) is 2. The summed E-state index contributed by atoms with van der Waals surface area (Å²) in [5.74, 6) is 1.72. The van der Waals surface area contributed by atoms with Crippen LogP contribution in [0.2, 0.25) is 0 Å². The highest BCUT2D eigenvalue weighted by Crippen LogP contribution is 2.23. The summed E-state index contributed by atoms with van der Waals surface area (Å²) in [4.78, 5) is 9.34. The van der Waals surface area contributed by atoms with Crippen molar-refractivity contribution in [2.45, 2.75) is 32.9 Å². The van der Waals surface area contributed by atoms with Gasteiger partial charge in [0.25, 0.3) is 0 Å². The average molecular weight is 533 g/mol. The SMILES string of the molecule is CCN(CC)C(C)CNC(=NC)NCC(c1ccc(OC)cc1)N1CCOCC1.I. The molecule has 172 valence electrons. The smallest absolute Gasteiger partial charge is 0.191 e. The van der Waals surface area contributed by atoms with Crippen LogP contribution in [0.4, 0.5) is 0 Å². The van der Waals surface area contributed by atoms with Gasteiger partial charge in [-0.25, -0.2) is 0 Å². The van der Waals surface area contributed by atoms with Crippen LogP contribution in [0.1, 0.15) is 32.4 Å². The summed E-state index contributed by atoms with van der Waals surface area (Å²) < 4.78 is 10.9. The van der Waals surface area contributed by atoms with Gasteiger partial charge in [-0.15, -0.1) is 24.0 Å². The number of hydrogen-bond acceptors (Lipinski definition) is 5. The highest BCUT2D eigenvalue weighted by atomic mass is 127. The molecule has 1 aliphatic heterocycles. The Morgan fingerprint density at radius 2 is 1.73 bits per heavy atom. The second kappa shape index (κ2) is 14.8. The molecule has 1 aliphatic rings. The molecule has 1 heterocycles. The van der Waals surface area contributed by atoms with E-state index in [0.717, 1.165) is 64.2 Å². The number of halogens is 1. The zero-order valence-electron chi connectivity index (χ0n) is 19.2. The van der Waals surface area contributed by atoms with Gasteiger partial charge in [-0.2, -0.15) is 0 Å². The maximum atomic E-state index is 5.55. The maximum absolute atomic E-state index is 5.55. The Balaban J connectivity index is 0.00000450. The predicted octanol–water partition coefficient (Wildman–Crippen LogP) is 2.58. The number of benzene rings is 1. The second-order valence-corrected chi connectivity index (χ2v) is 7.34. The largest absolute Gasteiger partial charge is 0.497 e. The van der Waals surface area contributed by atoms with Crippen molar-refractivity contribution in [3.63, 3.8) is 0 Å². The third-order valence-corrected chi connectivity index (χ3v) is 5.67. The van der Waals surface area contributed by atoms with Crippen LogP contribution in [0, 0.1) is 0 Å². The molecule has 1 aromatic carbocycles. The van der Waals surface area contributed by atoms with Crippen molar-refractivity contribution in [1.82, 2.24) is 20.4 Å². The van der Waals surface area contributed by atoms with Gasteiger partial charge < -0.3 is 20.1 Å². The molecule has 2 rings (SSSR count). The summed E-state index contributed by atoms with van der Waals surface area (Å²) in [6.45, 7) is 13.8. The zero-order chi connectivity index (χ0) is 21.1. The van der Waals surface area contributed by atoms with Crippen LogP contribution in [0.3, 0.4) is 0 Å². The molecule has 2 unspecified atom stereocenters. The van der Waals surface area contributed by atoms with Crippen molar-refractivity contribution in [3.05, 3.63) is 29.8 Å². The highest BCUT2D eigenvalue weighted by Gasteiger charge is 2.23. The first-order valence-electron chi connectivity index (χ1n) is 10.8. The predicted molar refractivity (Wildman–Crippen MR) is 135 cm³/mol. The molecule has 2 N–H and O–H groups in total. The summed E-state index contributed by atoms with van der Waals surface area (Å²) in [6.07, 6.45) is 0. The molecule has 30 heavy (non-hydrogen) atoms. The normalized spacial score (nSPS) is 17.2. The van der Waals surface area contributed by atoms with Crippen molar-refractivity contribution in [2.24, 2.45) is 4.99 Å². The number of methoxy groups -OCH3 is 1. The number of guanidine groups is 1. The minimum Gasteiger partial charge on any atom is -0.497 e. The lowest BCUT2D eigenvalue weighted by molar-refractivity contribution is 0.0170. The van der Waals surface area contributed by atoms with Gasteiger partial charge in [0.2, 0.25) is 0 Å². The average Bonchev–Trinajstić information content (AvgIpc) is 2.78. The lowest BCUT2D eigenvalue weighted by atomic mass is 10.0. The Labute approximate surface area is 199 Å². The Morgan fingerprint density at radius 3 is 2.27 bits per heavy atom. The van der Waals surface area contributed by atoms with Crippen LogP contribution in [0.15, 0.2) is 29.3 Å². The molecule has 2 atom stereocenters. The molecular weight excluding hydrogens is 493 g/mol. The fourth-order valence-electron chi connectivity index (χ4n) is 3.81. The molecule has 0 bridgehead atoms. The van der Waals surface area contributed by atoms with Crippen LogP contribution >= 0.6 is 24.0 Å². The molecule has 7 nitrogen and oxygen atoms in total. The fourth-order valence-corrected chi connectivity index (χ4v) is 3.81. The van der Waals surface area contributed by atoms with Crippen LogP contribution in [-0.2, 0) is 4.74 Å². The molecule has 0 radical (unpaired) electrons. The third-order valence-electron chi connectivity index (χ3n) is 5.67. The summed E-state index contributed by atoms with van der Waals surface area (Å²) in [6, 6.07) is 9.07. The molecule has 1 aromatic rings. The molecular formula is C22H40IN5O2. The molecule has 1 saturated heterocycles. The number of likely N-dealkylation sites (N-methyl/N-ethyl adjacent to an activating group) is 1. The Bertz CT molecular complexity index is 604. The summed E-state index contributed by atoms with van der Waals surface area (Å²) in [7, 11) is 3.53. The molecule has 0 aromatic heterocycles. The number of nitrogens with zero attached hydrogens (tertiary/aromatic N) is 3. The minimum atomic E-state index is 0. The standard InChI is InChI=1S/C22H39N5O2.HI/c1-6-26(7-2)18(3)16-24-22(23-4)25-17-21(27-12-14-29-15-13-27)19-8-10-20(28-5)11-9-19;/h8-11,18,21H,6-7,12-17H2,1-5H3,(H2,23,24,25);1H. The lowest BCUT2D eigenvalue weighted by Crippen LogP contribution is -2.49. The van der Waals surface area contributed by atoms with E-state index in [1.54, 1.807) is 7.11 Å². The number of aliphatic imine (C=N–C) groups is 1. The van der Waals surface area contributed by atoms with Gasteiger partial charge in [0, 0.05) is 39.3 Å². The molecule has 8 heteroatoms. The molecule has 0 saturated carbocycles. The molecule has 0 spiro atoms. The summed E-state index contributed by atoms with van der Waals surface area (Å²) in [5, 5.41) is 7.01. The topological polar surface area (TPSA) is 61.4 Å². The molecule has 1 fully saturated rings. The first kappa shape index (κ1) is 26.9. The lowest BCUT2D eigenvalue weighted by Gasteiger charge is -2.35. The maximum Gasteiger partial charge on any atom is 0.191 e. The molecule has 0 aliphatic carbocycles. The number of rotatable bonds is 10. The van der Waals surface area contributed by atoms with E-state index in [4.69, 9.17) is 9.47 Å². The fraction of sp³-hybridized carbons (Fsp3) is 0.682. The van der Waals surface area contributed by atoms with Gasteiger partial charge >= 0.3 is 0 Å². The summed E-state index contributed by atoms with van der Waals surface area (Å²) >= 11 is 0. The quantitative estimate of drug-likeness (QED) is 0.274. The highest BCUT2D eigenvalue weighted by molar-refractivity contribution is 14.0. The van der Waals surface area contributed by atoms with Crippen LogP contribution in [-0.4, -0.2) is 88.4 Å².